The van der Waals surface area contributed by atoms with Crippen LogP contribution in [0.2, 0.25) is 0 Å². The number of rotatable bonds is 3. The molecule has 0 unspecified atom stereocenters. The molecule has 0 aliphatic carbocycles. The van der Waals surface area contributed by atoms with Gasteiger partial charge in [-0.15, -0.1) is 0 Å². The Kier molecular flexibility index (Phi) is 2.72. The summed E-state index contributed by atoms with van der Waals surface area (Å²) in [6.07, 6.45) is 1.55. The quantitative estimate of drug-likeness (QED) is 0.532. The number of hydrogen-bond acceptors (Lipinski definition) is 3. The lowest BCUT2D eigenvalue weighted by Gasteiger charge is -2.03. The van der Waals surface area contributed by atoms with Crippen LogP contribution in [0.15, 0.2) is 54.7 Å². The zero-order chi connectivity index (χ0) is 13.2. The van der Waals surface area contributed by atoms with Gasteiger partial charge in [0.1, 0.15) is 0 Å². The summed E-state index contributed by atoms with van der Waals surface area (Å²) in [5.74, 6) is 0. The lowest BCUT2D eigenvalue weighted by atomic mass is 10.2. The first-order valence-corrected chi connectivity index (χ1v) is 5.88. The highest BCUT2D eigenvalue weighted by Gasteiger charge is 2.14. The number of aromatic nitrogens is 2. The summed E-state index contributed by atoms with van der Waals surface area (Å²) in [6.45, 7) is 0.603. The van der Waals surface area contributed by atoms with Crippen molar-refractivity contribution >= 4 is 16.6 Å². The Bertz CT molecular complexity index is 735. The van der Waals surface area contributed by atoms with Crippen LogP contribution in [0.4, 0.5) is 5.69 Å². The van der Waals surface area contributed by atoms with Gasteiger partial charge in [0.25, 0.3) is 5.69 Å². The number of benzene rings is 2. The summed E-state index contributed by atoms with van der Waals surface area (Å²) in [5.41, 5.74) is 1.98. The highest BCUT2D eigenvalue weighted by molar-refractivity contribution is 5.87. The molecule has 5 nitrogen and oxygen atoms in total. The van der Waals surface area contributed by atoms with Gasteiger partial charge in [-0.05, 0) is 11.6 Å². The maximum atomic E-state index is 11.0. The summed E-state index contributed by atoms with van der Waals surface area (Å²) >= 11 is 0. The van der Waals surface area contributed by atoms with E-state index in [1.54, 1.807) is 16.9 Å². The summed E-state index contributed by atoms with van der Waals surface area (Å²) in [7, 11) is 0. The molecule has 1 heterocycles. The average Bonchev–Trinajstić information content (AvgIpc) is 2.83. The third-order valence-electron chi connectivity index (χ3n) is 3.04. The van der Waals surface area contributed by atoms with Crippen LogP contribution < -0.4 is 0 Å². The maximum absolute atomic E-state index is 11.0. The van der Waals surface area contributed by atoms with Crippen LogP contribution >= 0.6 is 0 Å². The van der Waals surface area contributed by atoms with E-state index in [0.717, 1.165) is 11.1 Å². The smallest absolute Gasteiger partial charge is 0.260 e. The number of nitro benzene ring substituents is 1. The highest BCUT2D eigenvalue weighted by Crippen LogP contribution is 2.25. The minimum Gasteiger partial charge on any atom is -0.260 e. The van der Waals surface area contributed by atoms with E-state index < -0.39 is 0 Å². The minimum absolute atomic E-state index is 0.0943. The van der Waals surface area contributed by atoms with Crippen molar-refractivity contribution in [2.45, 2.75) is 6.54 Å². The van der Waals surface area contributed by atoms with Crippen LogP contribution in [-0.2, 0) is 6.54 Å². The number of non-ortho nitro benzene ring substituents is 1. The lowest BCUT2D eigenvalue weighted by molar-refractivity contribution is -0.383. The van der Waals surface area contributed by atoms with E-state index in [2.05, 4.69) is 5.10 Å². The molecule has 0 aliphatic heterocycles. The van der Waals surface area contributed by atoms with Crippen LogP contribution in [-0.4, -0.2) is 14.7 Å². The third kappa shape index (κ3) is 2.06. The van der Waals surface area contributed by atoms with Gasteiger partial charge >= 0.3 is 0 Å². The van der Waals surface area contributed by atoms with Crippen LogP contribution in [0.25, 0.3) is 10.9 Å². The molecule has 94 valence electrons. The van der Waals surface area contributed by atoms with Crippen LogP contribution in [0, 0.1) is 10.1 Å². The van der Waals surface area contributed by atoms with Gasteiger partial charge in [0, 0.05) is 6.07 Å². The van der Waals surface area contributed by atoms with Gasteiger partial charge in [-0.1, -0.05) is 36.4 Å². The van der Waals surface area contributed by atoms with Crippen molar-refractivity contribution in [3.63, 3.8) is 0 Å². The molecule has 1 aromatic heterocycles. The van der Waals surface area contributed by atoms with Gasteiger partial charge in [0.05, 0.1) is 28.6 Å². The van der Waals surface area contributed by atoms with Gasteiger partial charge in [0.2, 0.25) is 0 Å². The Morgan fingerprint density at radius 1 is 1.11 bits per heavy atom. The van der Waals surface area contributed by atoms with Gasteiger partial charge in [0.15, 0.2) is 0 Å². The Balaban J connectivity index is 2.07. The second-order valence-electron chi connectivity index (χ2n) is 4.25. The third-order valence-corrected chi connectivity index (χ3v) is 3.04. The summed E-state index contributed by atoms with van der Waals surface area (Å²) < 4.78 is 1.78. The molecule has 0 amide bonds. The summed E-state index contributed by atoms with van der Waals surface area (Å²) in [4.78, 5) is 10.6. The van der Waals surface area contributed by atoms with Gasteiger partial charge < -0.3 is 0 Å². The van der Waals surface area contributed by atoms with Gasteiger partial charge in [-0.2, -0.15) is 5.10 Å². The van der Waals surface area contributed by atoms with Crippen molar-refractivity contribution in [1.82, 2.24) is 9.78 Å². The van der Waals surface area contributed by atoms with Crippen LogP contribution in [0.3, 0.4) is 0 Å². The largest absolute Gasteiger partial charge is 0.280 e. The van der Waals surface area contributed by atoms with Gasteiger partial charge in [-0.3, -0.25) is 14.8 Å². The predicted molar refractivity (Wildman–Crippen MR) is 71.9 cm³/mol. The molecule has 0 fully saturated rings. The molecule has 2 aromatic carbocycles. The fraction of sp³-hybridized carbons (Fsp3) is 0.0714. The summed E-state index contributed by atoms with van der Waals surface area (Å²) in [5, 5.41) is 15.8. The van der Waals surface area contributed by atoms with Crippen molar-refractivity contribution in [1.29, 1.82) is 0 Å². The molecule has 0 atom stereocenters. The normalized spacial score (nSPS) is 10.7. The maximum Gasteiger partial charge on any atom is 0.280 e. The zero-order valence-corrected chi connectivity index (χ0v) is 10.1. The molecule has 19 heavy (non-hydrogen) atoms. The first-order valence-electron chi connectivity index (χ1n) is 5.88. The molecule has 3 rings (SSSR count). The Hall–Kier alpha value is -2.69. The molecule has 0 bridgehead atoms. The molecule has 0 spiro atoms. The molecule has 5 heteroatoms. The minimum atomic E-state index is -0.378. The Labute approximate surface area is 109 Å². The monoisotopic (exact) mass is 253 g/mol. The van der Waals surface area contributed by atoms with Crippen molar-refractivity contribution in [3.05, 3.63) is 70.4 Å². The fourth-order valence-electron chi connectivity index (χ4n) is 2.13. The molecule has 0 radical (unpaired) electrons. The van der Waals surface area contributed by atoms with Crippen LogP contribution in [0.1, 0.15) is 5.56 Å². The zero-order valence-electron chi connectivity index (χ0n) is 10.1. The standard InChI is InChI=1S/C14H11N3O2/c18-17(19)14-8-4-7-13-12(14)9-15-16(13)10-11-5-2-1-3-6-11/h1-9H,10H2. The molecule has 0 saturated carbocycles. The number of hydrogen-bond donors (Lipinski definition) is 0. The summed E-state index contributed by atoms with van der Waals surface area (Å²) in [6, 6.07) is 14.9. The average molecular weight is 253 g/mol. The lowest BCUT2D eigenvalue weighted by Crippen LogP contribution is -2.01. The number of fused-ring (bicyclic) bond motifs is 1. The van der Waals surface area contributed by atoms with Gasteiger partial charge in [-0.25, -0.2) is 0 Å². The fourth-order valence-corrected chi connectivity index (χ4v) is 2.13. The Morgan fingerprint density at radius 3 is 2.63 bits per heavy atom. The second-order valence-corrected chi connectivity index (χ2v) is 4.25. The molecular weight excluding hydrogens is 242 g/mol. The molecule has 0 saturated heterocycles. The first-order chi connectivity index (χ1) is 9.25. The molecule has 0 aliphatic rings. The van der Waals surface area contributed by atoms with Crippen molar-refractivity contribution < 1.29 is 4.92 Å². The van der Waals surface area contributed by atoms with E-state index in [1.807, 2.05) is 36.4 Å². The SMILES string of the molecule is O=[N+]([O-])c1cccc2c1cnn2Cc1ccccc1. The second kappa shape index (κ2) is 4.53. The van der Waals surface area contributed by atoms with Crippen molar-refractivity contribution in [2.24, 2.45) is 0 Å². The van der Waals surface area contributed by atoms with Crippen molar-refractivity contribution in [2.75, 3.05) is 0 Å². The molecular formula is C14H11N3O2. The number of nitro groups is 1. The van der Waals surface area contributed by atoms with E-state index in [4.69, 9.17) is 0 Å². The van der Waals surface area contributed by atoms with E-state index >= 15 is 0 Å². The van der Waals surface area contributed by atoms with E-state index in [0.29, 0.717) is 11.9 Å². The predicted octanol–water partition coefficient (Wildman–Crippen LogP) is 2.99. The highest BCUT2D eigenvalue weighted by atomic mass is 16.6. The number of nitrogens with zero attached hydrogens (tertiary/aromatic N) is 3. The van der Waals surface area contributed by atoms with E-state index in [9.17, 15) is 10.1 Å². The molecule has 0 N–H and O–H groups in total. The van der Waals surface area contributed by atoms with E-state index in [1.165, 1.54) is 6.07 Å². The van der Waals surface area contributed by atoms with Crippen LogP contribution in [0.5, 0.6) is 0 Å². The van der Waals surface area contributed by atoms with Crippen molar-refractivity contribution in [3.8, 4) is 0 Å². The first kappa shape index (κ1) is 11.4. The van der Waals surface area contributed by atoms with E-state index in [-0.39, 0.29) is 10.6 Å². The topological polar surface area (TPSA) is 61.0 Å². The Morgan fingerprint density at radius 2 is 1.89 bits per heavy atom. The molecule has 3 aromatic rings.